The van der Waals surface area contributed by atoms with Gasteiger partial charge in [0, 0.05) is 0 Å². The largest absolute Gasteiger partial charge is 0.366 e. The Bertz CT molecular complexity index is 446. The smallest absolute Gasteiger partial charge is 0.250 e. The zero-order chi connectivity index (χ0) is 13.7. The average Bonchev–Trinajstić information content (AvgIpc) is 2.37. The summed E-state index contributed by atoms with van der Waals surface area (Å²) >= 11 is 0. The van der Waals surface area contributed by atoms with E-state index in [1.807, 2.05) is 13.8 Å². The van der Waals surface area contributed by atoms with Gasteiger partial charge in [-0.3, -0.25) is 9.59 Å². The molecule has 0 spiro atoms. The highest BCUT2D eigenvalue weighted by atomic mass is 16.2. The molecule has 0 aromatic heterocycles. The molecular weight excluding hydrogens is 230 g/mol. The van der Waals surface area contributed by atoms with Crippen LogP contribution in [0.3, 0.4) is 0 Å². The third kappa shape index (κ3) is 3.30. The second kappa shape index (κ2) is 6.16. The number of anilines is 1. The number of rotatable bonds is 5. The summed E-state index contributed by atoms with van der Waals surface area (Å²) in [4.78, 5) is 23.1. The fourth-order valence-corrected chi connectivity index (χ4v) is 1.54. The maximum absolute atomic E-state index is 11.9. The van der Waals surface area contributed by atoms with Crippen LogP contribution < -0.4 is 16.8 Å². The maximum Gasteiger partial charge on any atom is 0.250 e. The normalized spacial score (nSPS) is 13.7. The summed E-state index contributed by atoms with van der Waals surface area (Å²) in [5, 5.41) is 2.64. The van der Waals surface area contributed by atoms with E-state index in [4.69, 9.17) is 11.5 Å². The number of hydrogen-bond donors (Lipinski definition) is 3. The molecule has 1 aromatic carbocycles. The molecule has 0 aliphatic rings. The van der Waals surface area contributed by atoms with Crippen molar-refractivity contribution in [1.82, 2.24) is 0 Å². The average molecular weight is 249 g/mol. The minimum absolute atomic E-state index is 0.0748. The van der Waals surface area contributed by atoms with E-state index in [0.717, 1.165) is 6.42 Å². The van der Waals surface area contributed by atoms with Gasteiger partial charge in [0.05, 0.1) is 17.3 Å². The van der Waals surface area contributed by atoms with Gasteiger partial charge < -0.3 is 16.8 Å². The highest BCUT2D eigenvalue weighted by molar-refractivity contribution is 6.04. The molecule has 5 N–H and O–H groups in total. The molecule has 1 rings (SSSR count). The molecule has 1 aromatic rings. The molecule has 2 amide bonds. The van der Waals surface area contributed by atoms with Crippen LogP contribution in [0, 0.1) is 5.92 Å². The van der Waals surface area contributed by atoms with Crippen LogP contribution in [0.2, 0.25) is 0 Å². The van der Waals surface area contributed by atoms with Crippen molar-refractivity contribution < 1.29 is 9.59 Å². The Morgan fingerprint density at radius 1 is 1.33 bits per heavy atom. The van der Waals surface area contributed by atoms with Gasteiger partial charge in [0.2, 0.25) is 5.91 Å². The minimum atomic E-state index is -0.601. The van der Waals surface area contributed by atoms with Crippen molar-refractivity contribution in [2.45, 2.75) is 26.3 Å². The number of para-hydroxylation sites is 1. The lowest BCUT2D eigenvalue weighted by Crippen LogP contribution is -2.41. The van der Waals surface area contributed by atoms with Crippen molar-refractivity contribution >= 4 is 17.5 Å². The molecule has 5 nitrogen and oxygen atoms in total. The zero-order valence-corrected chi connectivity index (χ0v) is 10.6. The molecule has 0 radical (unpaired) electrons. The van der Waals surface area contributed by atoms with Crippen molar-refractivity contribution in [2.75, 3.05) is 5.32 Å². The summed E-state index contributed by atoms with van der Waals surface area (Å²) in [6, 6.07) is 5.99. The van der Waals surface area contributed by atoms with E-state index in [1.165, 1.54) is 0 Å². The van der Waals surface area contributed by atoms with Gasteiger partial charge in [0.25, 0.3) is 5.91 Å². The molecule has 98 valence electrons. The first kappa shape index (κ1) is 14.2. The quantitative estimate of drug-likeness (QED) is 0.728. The maximum atomic E-state index is 11.9. The monoisotopic (exact) mass is 249 g/mol. The number of hydrogen-bond acceptors (Lipinski definition) is 3. The van der Waals surface area contributed by atoms with Crippen LogP contribution >= 0.6 is 0 Å². The molecule has 0 saturated carbocycles. The van der Waals surface area contributed by atoms with E-state index in [-0.39, 0.29) is 17.4 Å². The van der Waals surface area contributed by atoms with Crippen molar-refractivity contribution in [1.29, 1.82) is 0 Å². The Hall–Kier alpha value is -1.88. The van der Waals surface area contributed by atoms with Crippen LogP contribution in [-0.4, -0.2) is 17.9 Å². The highest BCUT2D eigenvalue weighted by Gasteiger charge is 2.20. The fourth-order valence-electron chi connectivity index (χ4n) is 1.54. The van der Waals surface area contributed by atoms with Crippen LogP contribution in [0.25, 0.3) is 0 Å². The third-order valence-electron chi connectivity index (χ3n) is 3.01. The number of carbonyl (C=O) groups excluding carboxylic acids is 2. The summed E-state index contributed by atoms with van der Waals surface area (Å²) < 4.78 is 0. The van der Waals surface area contributed by atoms with Gasteiger partial charge in [-0.05, 0) is 18.1 Å². The molecule has 0 saturated heterocycles. The number of primary amides is 1. The van der Waals surface area contributed by atoms with Gasteiger partial charge in [-0.15, -0.1) is 0 Å². The molecule has 18 heavy (non-hydrogen) atoms. The summed E-state index contributed by atoms with van der Waals surface area (Å²) in [6.07, 6.45) is 0.812. The number of nitrogens with one attached hydrogen (secondary N) is 1. The van der Waals surface area contributed by atoms with E-state index in [1.54, 1.807) is 24.3 Å². The first-order valence-corrected chi connectivity index (χ1v) is 5.92. The molecule has 2 atom stereocenters. The number of carbonyl (C=O) groups is 2. The lowest BCUT2D eigenvalue weighted by atomic mass is 9.99. The summed E-state index contributed by atoms with van der Waals surface area (Å²) in [6.45, 7) is 3.87. The van der Waals surface area contributed by atoms with E-state index in [0.29, 0.717) is 5.69 Å². The summed E-state index contributed by atoms with van der Waals surface area (Å²) in [5.41, 5.74) is 11.7. The minimum Gasteiger partial charge on any atom is -0.366 e. The summed E-state index contributed by atoms with van der Waals surface area (Å²) in [5.74, 6) is -0.813. The van der Waals surface area contributed by atoms with Gasteiger partial charge in [0.15, 0.2) is 0 Å². The van der Waals surface area contributed by atoms with Crippen LogP contribution in [0.1, 0.15) is 30.6 Å². The lowest BCUT2D eigenvalue weighted by Gasteiger charge is -2.18. The Balaban J connectivity index is 2.85. The number of benzene rings is 1. The van der Waals surface area contributed by atoms with Crippen LogP contribution in [0.4, 0.5) is 5.69 Å². The number of nitrogens with two attached hydrogens (primary N) is 2. The van der Waals surface area contributed by atoms with Crippen LogP contribution in [0.5, 0.6) is 0 Å². The second-order valence-electron chi connectivity index (χ2n) is 4.31. The second-order valence-corrected chi connectivity index (χ2v) is 4.31. The van der Waals surface area contributed by atoms with Crippen molar-refractivity contribution in [3.8, 4) is 0 Å². The highest BCUT2D eigenvalue weighted by Crippen LogP contribution is 2.15. The predicted octanol–water partition coefficient (Wildman–Crippen LogP) is 1.10. The Morgan fingerprint density at radius 2 is 1.94 bits per heavy atom. The fraction of sp³-hybridized carbons (Fsp3) is 0.385. The van der Waals surface area contributed by atoms with E-state index in [9.17, 15) is 9.59 Å². The molecule has 1 unspecified atom stereocenters. The summed E-state index contributed by atoms with van der Waals surface area (Å²) in [7, 11) is 0. The molecule has 0 aliphatic heterocycles. The van der Waals surface area contributed by atoms with E-state index in [2.05, 4.69) is 5.32 Å². The van der Waals surface area contributed by atoms with Gasteiger partial charge in [-0.2, -0.15) is 0 Å². The Morgan fingerprint density at radius 3 is 2.50 bits per heavy atom. The molecule has 0 bridgehead atoms. The Kier molecular flexibility index (Phi) is 4.85. The SMILES string of the molecule is CCC(C)[C@H](N)C(=O)Nc1ccccc1C(N)=O. The lowest BCUT2D eigenvalue weighted by molar-refractivity contribution is -0.118. The molecule has 0 fully saturated rings. The molecule has 0 aliphatic carbocycles. The molecule has 0 heterocycles. The van der Waals surface area contributed by atoms with Crippen molar-refractivity contribution in [3.05, 3.63) is 29.8 Å². The van der Waals surface area contributed by atoms with E-state index < -0.39 is 11.9 Å². The van der Waals surface area contributed by atoms with Crippen LogP contribution in [-0.2, 0) is 4.79 Å². The topological polar surface area (TPSA) is 98.2 Å². The third-order valence-corrected chi connectivity index (χ3v) is 3.01. The first-order valence-electron chi connectivity index (χ1n) is 5.92. The van der Waals surface area contributed by atoms with Gasteiger partial charge in [-0.25, -0.2) is 0 Å². The molecular formula is C13H19N3O2. The predicted molar refractivity (Wildman–Crippen MR) is 71.0 cm³/mol. The van der Waals surface area contributed by atoms with Gasteiger partial charge in [0.1, 0.15) is 0 Å². The van der Waals surface area contributed by atoms with E-state index >= 15 is 0 Å². The number of amides is 2. The van der Waals surface area contributed by atoms with Crippen molar-refractivity contribution in [3.63, 3.8) is 0 Å². The van der Waals surface area contributed by atoms with Crippen LogP contribution in [0.15, 0.2) is 24.3 Å². The Labute approximate surface area is 107 Å². The molecule has 5 heteroatoms. The van der Waals surface area contributed by atoms with Crippen molar-refractivity contribution in [2.24, 2.45) is 17.4 Å². The van der Waals surface area contributed by atoms with Gasteiger partial charge in [-0.1, -0.05) is 32.4 Å². The zero-order valence-electron chi connectivity index (χ0n) is 10.6. The standard InChI is InChI=1S/C13H19N3O2/c1-3-8(2)11(14)13(18)16-10-7-5-4-6-9(10)12(15)17/h4-8,11H,3,14H2,1-2H3,(H2,15,17)(H,16,18)/t8?,11-/m0/s1. The first-order chi connectivity index (χ1) is 8.47. The van der Waals surface area contributed by atoms with Gasteiger partial charge >= 0.3 is 0 Å².